The number of amides is 2. The number of aromatic nitrogens is 2. The van der Waals surface area contributed by atoms with Crippen molar-refractivity contribution in [2.24, 2.45) is 24.8 Å². The van der Waals surface area contributed by atoms with Gasteiger partial charge in [0.1, 0.15) is 0 Å². The smallest absolute Gasteiger partial charge is 0.315 e. The van der Waals surface area contributed by atoms with Gasteiger partial charge in [-0.05, 0) is 90.2 Å². The number of nitrogens with one attached hydrogen (secondary N) is 2. The van der Waals surface area contributed by atoms with Gasteiger partial charge in [-0.25, -0.2) is 9.78 Å². The summed E-state index contributed by atoms with van der Waals surface area (Å²) in [7, 11) is 2.00. The number of aliphatic hydroxyl groups excluding tert-OH is 1. The molecule has 4 bridgehead atoms. The van der Waals surface area contributed by atoms with Gasteiger partial charge in [0.25, 0.3) is 0 Å². The van der Waals surface area contributed by atoms with Crippen molar-refractivity contribution in [3.63, 3.8) is 0 Å². The molecular formula is C40H46N4O4S. The monoisotopic (exact) mass is 678 g/mol. The van der Waals surface area contributed by atoms with Crippen molar-refractivity contribution in [1.82, 2.24) is 20.2 Å². The van der Waals surface area contributed by atoms with E-state index in [0.717, 1.165) is 87.7 Å². The summed E-state index contributed by atoms with van der Waals surface area (Å²) in [6.07, 6.45) is 11.4. The van der Waals surface area contributed by atoms with Crippen molar-refractivity contribution in [3.8, 4) is 11.1 Å². The predicted molar refractivity (Wildman–Crippen MR) is 191 cm³/mol. The van der Waals surface area contributed by atoms with Gasteiger partial charge in [-0.15, -0.1) is 0 Å². The van der Waals surface area contributed by atoms with E-state index in [1.807, 2.05) is 48.3 Å². The second-order valence-corrected chi connectivity index (χ2v) is 15.8. The van der Waals surface area contributed by atoms with Gasteiger partial charge in [-0.2, -0.15) is 0 Å². The maximum absolute atomic E-state index is 13.1. The standard InChI is InChI=1S/C40H46N4O4S/c1-44-14-13-41-39(44)49-25-35-19-36(32-7-5-26(24-45)6-8-32)48-37(47-35)33-11-9-31(10-12-33)34-4-2-3-27(18-34)23-42-38(46)43-40-20-28-15-29(21-40)17-30(16-28)22-40/h2-14,18,28-30,35-37,45H,15-17,19-25H2,1H3,(H2,42,43,46)/t28?,29?,30?,35-,36+,37+,40?/m0/s1. The molecule has 1 aromatic heterocycles. The number of ether oxygens (including phenoxy) is 2. The van der Waals surface area contributed by atoms with Crippen molar-refractivity contribution < 1.29 is 19.4 Å². The van der Waals surface area contributed by atoms with Crippen molar-refractivity contribution >= 4 is 17.8 Å². The summed E-state index contributed by atoms with van der Waals surface area (Å²) in [6.45, 7) is 0.509. The summed E-state index contributed by atoms with van der Waals surface area (Å²) in [5.41, 5.74) is 6.20. The molecular weight excluding hydrogens is 633 g/mol. The largest absolute Gasteiger partial charge is 0.392 e. The lowest BCUT2D eigenvalue weighted by Crippen LogP contribution is -2.61. The molecule has 4 aromatic rings. The van der Waals surface area contributed by atoms with Crippen LogP contribution in [0.2, 0.25) is 0 Å². The van der Waals surface area contributed by atoms with Gasteiger partial charge >= 0.3 is 6.03 Å². The maximum atomic E-state index is 13.1. The number of benzene rings is 3. The van der Waals surface area contributed by atoms with Crippen molar-refractivity contribution in [2.45, 2.75) is 87.3 Å². The molecule has 1 aliphatic heterocycles. The fraction of sp³-hybridized carbons (Fsp3) is 0.450. The van der Waals surface area contributed by atoms with E-state index in [-0.39, 0.29) is 30.4 Å². The van der Waals surface area contributed by atoms with Crippen LogP contribution < -0.4 is 10.6 Å². The van der Waals surface area contributed by atoms with Crippen LogP contribution in [-0.2, 0) is 29.7 Å². The number of carbonyl (C=O) groups excluding carboxylic acids is 1. The molecule has 4 aliphatic carbocycles. The first-order chi connectivity index (χ1) is 23.9. The third kappa shape index (κ3) is 7.31. The quantitative estimate of drug-likeness (QED) is 0.149. The molecule has 5 fully saturated rings. The number of hydrogen-bond acceptors (Lipinski definition) is 6. The van der Waals surface area contributed by atoms with Crippen LogP contribution in [0.5, 0.6) is 0 Å². The fourth-order valence-electron chi connectivity index (χ4n) is 9.11. The first-order valence-electron chi connectivity index (χ1n) is 17.8. The molecule has 1 saturated heterocycles. The minimum absolute atomic E-state index is 0.0104. The van der Waals surface area contributed by atoms with Crippen LogP contribution in [0.15, 0.2) is 90.3 Å². The highest BCUT2D eigenvalue weighted by Crippen LogP contribution is 2.55. The topological polar surface area (TPSA) is 97.6 Å². The highest BCUT2D eigenvalue weighted by atomic mass is 32.2. The summed E-state index contributed by atoms with van der Waals surface area (Å²) < 4.78 is 15.1. The molecule has 4 saturated carbocycles. The average molecular weight is 679 g/mol. The van der Waals surface area contributed by atoms with Crippen LogP contribution in [-0.4, -0.2) is 38.1 Å². The Morgan fingerprint density at radius 1 is 0.898 bits per heavy atom. The van der Waals surface area contributed by atoms with Gasteiger partial charge in [-0.3, -0.25) is 0 Å². The second kappa shape index (κ2) is 13.9. The Hall–Kier alpha value is -3.63. The van der Waals surface area contributed by atoms with E-state index < -0.39 is 6.29 Å². The molecule has 9 heteroatoms. The molecule has 5 aliphatic rings. The minimum Gasteiger partial charge on any atom is -0.392 e. The molecule has 3 atom stereocenters. The third-order valence-electron chi connectivity index (χ3n) is 11.1. The number of carbonyl (C=O) groups is 1. The minimum atomic E-state index is -0.514. The molecule has 0 unspecified atom stereocenters. The second-order valence-electron chi connectivity index (χ2n) is 14.8. The Labute approximate surface area is 293 Å². The molecule has 2 heterocycles. The predicted octanol–water partition coefficient (Wildman–Crippen LogP) is 7.69. The van der Waals surface area contributed by atoms with Crippen molar-refractivity contribution in [3.05, 3.63) is 107 Å². The van der Waals surface area contributed by atoms with Crippen LogP contribution in [0.1, 0.15) is 79.6 Å². The molecule has 8 nitrogen and oxygen atoms in total. The Morgan fingerprint density at radius 2 is 1.61 bits per heavy atom. The van der Waals surface area contributed by atoms with Gasteiger partial charge in [0, 0.05) is 49.3 Å². The number of hydrogen-bond donors (Lipinski definition) is 3. The number of aryl methyl sites for hydroxylation is 1. The summed E-state index contributed by atoms with van der Waals surface area (Å²) in [5.74, 6) is 3.16. The Bertz CT molecular complexity index is 1720. The summed E-state index contributed by atoms with van der Waals surface area (Å²) >= 11 is 1.69. The molecule has 3 N–H and O–H groups in total. The van der Waals surface area contributed by atoms with Crippen LogP contribution in [0, 0.1) is 17.8 Å². The SMILES string of the molecule is Cn1ccnc1SC[C@@H]1C[C@H](c2ccc(CO)cc2)O[C@H](c2ccc(-c3cccc(CNC(=O)NC45CC6CC(CC(C6)C4)C5)c3)cc2)O1. The third-order valence-corrected chi connectivity index (χ3v) is 12.3. The van der Waals surface area contributed by atoms with Gasteiger partial charge < -0.3 is 29.8 Å². The normalized spacial score (nSPS) is 28.8. The zero-order valence-electron chi connectivity index (χ0n) is 28.1. The number of rotatable bonds is 10. The Balaban J connectivity index is 0.921. The van der Waals surface area contributed by atoms with E-state index in [2.05, 4.69) is 64.1 Å². The van der Waals surface area contributed by atoms with E-state index in [1.54, 1.807) is 11.8 Å². The van der Waals surface area contributed by atoms with E-state index in [9.17, 15) is 9.90 Å². The Morgan fingerprint density at radius 3 is 2.29 bits per heavy atom. The highest BCUT2D eigenvalue weighted by Gasteiger charge is 2.51. The van der Waals surface area contributed by atoms with Crippen LogP contribution in [0.4, 0.5) is 4.79 Å². The number of nitrogens with zero attached hydrogens (tertiary/aromatic N) is 2. The highest BCUT2D eigenvalue weighted by molar-refractivity contribution is 7.99. The van der Waals surface area contributed by atoms with Crippen LogP contribution in [0.25, 0.3) is 11.1 Å². The molecule has 49 heavy (non-hydrogen) atoms. The Kier molecular flexibility index (Phi) is 9.27. The van der Waals surface area contributed by atoms with Gasteiger partial charge in [0.05, 0.1) is 18.8 Å². The zero-order chi connectivity index (χ0) is 33.4. The lowest BCUT2D eigenvalue weighted by Gasteiger charge is -2.56. The number of imidazole rings is 1. The van der Waals surface area contributed by atoms with Crippen molar-refractivity contribution in [1.29, 1.82) is 0 Å². The summed E-state index contributed by atoms with van der Waals surface area (Å²) in [5, 5.41) is 17.1. The maximum Gasteiger partial charge on any atom is 0.315 e. The molecule has 9 rings (SSSR count). The molecule has 0 spiro atoms. The molecule has 2 amide bonds. The van der Waals surface area contributed by atoms with Crippen LogP contribution >= 0.6 is 11.8 Å². The first kappa shape index (κ1) is 32.6. The average Bonchev–Trinajstić information content (AvgIpc) is 3.53. The first-order valence-corrected chi connectivity index (χ1v) is 18.7. The molecule has 256 valence electrons. The van der Waals surface area contributed by atoms with Gasteiger partial charge in [0.2, 0.25) is 0 Å². The van der Waals surface area contributed by atoms with E-state index in [0.29, 0.717) is 6.54 Å². The van der Waals surface area contributed by atoms with Gasteiger partial charge in [0.15, 0.2) is 11.4 Å². The fourth-order valence-corrected chi connectivity index (χ4v) is 10.1. The van der Waals surface area contributed by atoms with E-state index in [1.165, 1.54) is 19.3 Å². The van der Waals surface area contributed by atoms with Gasteiger partial charge in [-0.1, -0.05) is 78.5 Å². The van der Waals surface area contributed by atoms with E-state index >= 15 is 0 Å². The molecule has 0 radical (unpaired) electrons. The summed E-state index contributed by atoms with van der Waals surface area (Å²) in [4.78, 5) is 17.5. The number of aliphatic hydroxyl groups is 1. The number of urea groups is 1. The molecule has 3 aromatic carbocycles. The lowest BCUT2D eigenvalue weighted by molar-refractivity contribution is -0.245. The van der Waals surface area contributed by atoms with Crippen molar-refractivity contribution in [2.75, 3.05) is 5.75 Å². The summed E-state index contributed by atoms with van der Waals surface area (Å²) in [6, 6.07) is 24.8. The number of thioether (sulfide) groups is 1. The zero-order valence-corrected chi connectivity index (χ0v) is 28.9. The van der Waals surface area contributed by atoms with E-state index in [4.69, 9.17) is 9.47 Å². The lowest BCUT2D eigenvalue weighted by atomic mass is 9.53. The van der Waals surface area contributed by atoms with Crippen LogP contribution in [0.3, 0.4) is 0 Å².